The molecule has 0 spiro atoms. The van der Waals surface area contributed by atoms with Gasteiger partial charge in [-0.25, -0.2) is 4.98 Å². The van der Waals surface area contributed by atoms with E-state index in [4.69, 9.17) is 16.3 Å². The van der Waals surface area contributed by atoms with Crippen molar-refractivity contribution in [2.75, 3.05) is 39.3 Å². The largest absolute Gasteiger partial charge is 0.439 e. The molecule has 5 rings (SSSR count). The minimum atomic E-state index is 0.0188. The lowest BCUT2D eigenvalue weighted by Gasteiger charge is -2.48. The maximum absolute atomic E-state index is 12.8. The summed E-state index contributed by atoms with van der Waals surface area (Å²) in [6.07, 6.45) is 1.52. The number of aromatic nitrogens is 1. The predicted octanol–water partition coefficient (Wildman–Crippen LogP) is 3.81. The molecule has 0 aliphatic carbocycles. The molecule has 0 bridgehead atoms. The number of ether oxygens (including phenoxy) is 1. The third-order valence-electron chi connectivity index (χ3n) is 6.31. The quantitative estimate of drug-likeness (QED) is 0.560. The Labute approximate surface area is 203 Å². The Morgan fingerprint density at radius 1 is 0.794 bits per heavy atom. The first-order valence-corrected chi connectivity index (χ1v) is 11.7. The van der Waals surface area contributed by atoms with Crippen LogP contribution in [0.3, 0.4) is 0 Å². The third kappa shape index (κ3) is 4.90. The number of hydrogen-bond acceptors (Lipinski definition) is 5. The molecule has 174 valence electrons. The summed E-state index contributed by atoms with van der Waals surface area (Å²) >= 11 is 5.84. The Morgan fingerprint density at radius 3 is 2.09 bits per heavy atom. The molecule has 0 atom stereocenters. The van der Waals surface area contributed by atoms with Crippen molar-refractivity contribution in [2.45, 2.75) is 6.04 Å². The van der Waals surface area contributed by atoms with Crippen LogP contribution in [-0.2, 0) is 0 Å². The van der Waals surface area contributed by atoms with E-state index in [9.17, 15) is 9.59 Å². The van der Waals surface area contributed by atoms with Gasteiger partial charge in [-0.3, -0.25) is 14.5 Å². The number of pyridine rings is 1. The zero-order chi connectivity index (χ0) is 23.5. The molecule has 2 aromatic carbocycles. The van der Waals surface area contributed by atoms with Gasteiger partial charge < -0.3 is 14.5 Å². The molecule has 3 aromatic rings. The van der Waals surface area contributed by atoms with Gasteiger partial charge in [-0.1, -0.05) is 29.8 Å². The van der Waals surface area contributed by atoms with E-state index in [0.29, 0.717) is 54.4 Å². The molecule has 2 aliphatic heterocycles. The molecule has 7 nitrogen and oxygen atoms in total. The lowest BCUT2D eigenvalue weighted by molar-refractivity contribution is 0.00854. The monoisotopic (exact) mass is 476 g/mol. The van der Waals surface area contributed by atoms with Crippen LogP contribution in [-0.4, -0.2) is 76.8 Å². The number of rotatable bonds is 5. The maximum atomic E-state index is 12.8. The summed E-state index contributed by atoms with van der Waals surface area (Å²) in [5.74, 6) is 1.16. The van der Waals surface area contributed by atoms with Gasteiger partial charge >= 0.3 is 0 Å². The molecule has 2 amide bonds. The van der Waals surface area contributed by atoms with Crippen molar-refractivity contribution in [3.8, 4) is 11.6 Å². The molecule has 0 N–H and O–H groups in total. The Hall–Kier alpha value is -3.42. The van der Waals surface area contributed by atoms with Gasteiger partial charge in [0.25, 0.3) is 11.8 Å². The van der Waals surface area contributed by atoms with E-state index in [1.54, 1.807) is 36.4 Å². The van der Waals surface area contributed by atoms with Gasteiger partial charge in [0.2, 0.25) is 5.88 Å². The highest BCUT2D eigenvalue weighted by Crippen LogP contribution is 2.24. The predicted molar refractivity (Wildman–Crippen MR) is 129 cm³/mol. The zero-order valence-corrected chi connectivity index (χ0v) is 19.4. The summed E-state index contributed by atoms with van der Waals surface area (Å²) in [5, 5.41) is 0.545. The summed E-state index contributed by atoms with van der Waals surface area (Å²) in [7, 11) is 0. The molecule has 0 unspecified atom stereocenters. The molecule has 2 saturated heterocycles. The number of benzene rings is 2. The van der Waals surface area contributed by atoms with Crippen LogP contribution < -0.4 is 4.74 Å². The van der Waals surface area contributed by atoms with Gasteiger partial charge in [-0.15, -0.1) is 0 Å². The van der Waals surface area contributed by atoms with Crippen molar-refractivity contribution in [1.29, 1.82) is 0 Å². The fourth-order valence-electron chi connectivity index (χ4n) is 4.30. The molecular formula is C26H25ClN4O3. The van der Waals surface area contributed by atoms with Crippen molar-refractivity contribution >= 4 is 23.4 Å². The molecule has 0 saturated carbocycles. The number of amides is 2. The van der Waals surface area contributed by atoms with Gasteiger partial charge in [0, 0.05) is 68.7 Å². The molecule has 34 heavy (non-hydrogen) atoms. The topological polar surface area (TPSA) is 66.0 Å². The average Bonchev–Trinajstić information content (AvgIpc) is 2.85. The number of nitrogens with zero attached hydrogens (tertiary/aromatic N) is 4. The van der Waals surface area contributed by atoms with Crippen LogP contribution in [0.1, 0.15) is 20.7 Å². The molecule has 8 heteroatoms. The van der Waals surface area contributed by atoms with Gasteiger partial charge in [-0.2, -0.15) is 0 Å². The molecule has 2 fully saturated rings. The first-order valence-electron chi connectivity index (χ1n) is 11.3. The van der Waals surface area contributed by atoms with Crippen molar-refractivity contribution in [2.24, 2.45) is 0 Å². The lowest BCUT2D eigenvalue weighted by Crippen LogP contribution is -2.64. The van der Waals surface area contributed by atoms with Gasteiger partial charge in [-0.05, 0) is 42.5 Å². The molecule has 2 aliphatic rings. The first-order chi connectivity index (χ1) is 16.6. The highest BCUT2D eigenvalue weighted by atomic mass is 35.5. The summed E-state index contributed by atoms with van der Waals surface area (Å²) in [6, 6.07) is 20.2. The minimum Gasteiger partial charge on any atom is -0.439 e. The minimum absolute atomic E-state index is 0.0188. The van der Waals surface area contributed by atoms with Crippen LogP contribution in [0.15, 0.2) is 72.9 Å². The van der Waals surface area contributed by atoms with Gasteiger partial charge in [0.15, 0.2) is 0 Å². The smallest absolute Gasteiger partial charge is 0.253 e. The van der Waals surface area contributed by atoms with E-state index in [2.05, 4.69) is 9.88 Å². The van der Waals surface area contributed by atoms with Crippen LogP contribution in [0.25, 0.3) is 0 Å². The van der Waals surface area contributed by atoms with Crippen LogP contribution in [0, 0.1) is 0 Å². The number of piperazine rings is 1. The first kappa shape index (κ1) is 22.4. The summed E-state index contributed by atoms with van der Waals surface area (Å²) < 4.78 is 5.69. The third-order valence-corrected chi connectivity index (χ3v) is 6.54. The molecule has 3 heterocycles. The van der Waals surface area contributed by atoms with Crippen LogP contribution in [0.2, 0.25) is 5.02 Å². The maximum Gasteiger partial charge on any atom is 0.253 e. The number of likely N-dealkylation sites (tertiary alicyclic amines) is 1. The standard InChI is InChI=1S/C26H25ClN4O3/c27-21-8-11-24(28-16-21)34-23-9-6-20(7-10-23)26(33)31-17-22(18-31)29-12-14-30(15-13-29)25(32)19-4-2-1-3-5-19/h1-11,16,22H,12-15,17-18H2. The fraction of sp³-hybridized carbons (Fsp3) is 0.269. The number of halogens is 1. The van der Waals surface area contributed by atoms with Crippen molar-refractivity contribution in [3.63, 3.8) is 0 Å². The van der Waals surface area contributed by atoms with Crippen molar-refractivity contribution in [3.05, 3.63) is 89.1 Å². The number of carbonyl (C=O) groups is 2. The summed E-state index contributed by atoms with van der Waals surface area (Å²) in [6.45, 7) is 4.49. The Kier molecular flexibility index (Phi) is 6.47. The highest BCUT2D eigenvalue weighted by Gasteiger charge is 2.37. The lowest BCUT2D eigenvalue weighted by atomic mass is 10.0. The van der Waals surface area contributed by atoms with E-state index in [1.165, 1.54) is 6.20 Å². The number of carbonyl (C=O) groups excluding carboxylic acids is 2. The Bertz CT molecular complexity index is 1140. The average molecular weight is 477 g/mol. The van der Waals surface area contributed by atoms with E-state index < -0.39 is 0 Å². The van der Waals surface area contributed by atoms with E-state index in [1.807, 2.05) is 40.1 Å². The molecular weight excluding hydrogens is 452 g/mol. The van der Waals surface area contributed by atoms with Crippen LogP contribution in [0.4, 0.5) is 0 Å². The van der Waals surface area contributed by atoms with Crippen molar-refractivity contribution < 1.29 is 14.3 Å². The van der Waals surface area contributed by atoms with E-state index in [-0.39, 0.29) is 11.8 Å². The number of hydrogen-bond donors (Lipinski definition) is 0. The normalized spacial score (nSPS) is 16.7. The second-order valence-electron chi connectivity index (χ2n) is 8.50. The SMILES string of the molecule is O=C(c1ccccc1)N1CCN(C2CN(C(=O)c3ccc(Oc4ccc(Cl)cn4)cc3)C2)CC1. The van der Waals surface area contributed by atoms with E-state index >= 15 is 0 Å². The molecule has 0 radical (unpaired) electrons. The Morgan fingerprint density at radius 2 is 1.44 bits per heavy atom. The van der Waals surface area contributed by atoms with Crippen molar-refractivity contribution in [1.82, 2.24) is 19.7 Å². The van der Waals surface area contributed by atoms with E-state index in [0.717, 1.165) is 18.7 Å². The van der Waals surface area contributed by atoms with Gasteiger partial charge in [0.05, 0.1) is 5.02 Å². The second kappa shape index (κ2) is 9.83. The van der Waals surface area contributed by atoms with Crippen LogP contribution in [0.5, 0.6) is 11.6 Å². The zero-order valence-electron chi connectivity index (χ0n) is 18.6. The molecule has 1 aromatic heterocycles. The van der Waals surface area contributed by atoms with Gasteiger partial charge in [0.1, 0.15) is 5.75 Å². The fourth-order valence-corrected chi connectivity index (χ4v) is 4.41. The Balaban J connectivity index is 1.09. The summed E-state index contributed by atoms with van der Waals surface area (Å²) in [4.78, 5) is 35.8. The second-order valence-corrected chi connectivity index (χ2v) is 8.94. The highest BCUT2D eigenvalue weighted by molar-refractivity contribution is 6.30. The summed E-state index contributed by atoms with van der Waals surface area (Å²) in [5.41, 5.74) is 1.37. The van der Waals surface area contributed by atoms with Crippen LogP contribution >= 0.6 is 11.6 Å².